The molecule has 2 heterocycles. The highest BCUT2D eigenvalue weighted by atomic mass is 32.1. The molecule has 3 aromatic rings. The summed E-state index contributed by atoms with van der Waals surface area (Å²) in [6.45, 7) is 0.373. The number of benzene rings is 1. The Balaban J connectivity index is 1.40. The molecule has 0 saturated heterocycles. The molecule has 0 bridgehead atoms. The zero-order valence-electron chi connectivity index (χ0n) is 12.2. The Bertz CT molecular complexity index is 923. The number of carbonyl (C=O) groups is 1. The van der Waals surface area contributed by atoms with E-state index in [0.29, 0.717) is 23.0 Å². The van der Waals surface area contributed by atoms with Gasteiger partial charge in [0.05, 0.1) is 10.1 Å². The highest BCUT2D eigenvalue weighted by Gasteiger charge is 2.27. The van der Waals surface area contributed by atoms with Crippen molar-refractivity contribution in [2.24, 2.45) is 0 Å². The number of amides is 1. The van der Waals surface area contributed by atoms with E-state index >= 15 is 0 Å². The van der Waals surface area contributed by atoms with Crippen molar-refractivity contribution < 1.29 is 4.79 Å². The maximum atomic E-state index is 12.2. The molecule has 118 valence electrons. The third-order valence-electron chi connectivity index (χ3n) is 3.71. The molecular formula is C15H14N4O2S2. The van der Waals surface area contributed by atoms with Crippen LogP contribution in [0, 0.1) is 0 Å². The first kappa shape index (κ1) is 14.5. The van der Waals surface area contributed by atoms with Gasteiger partial charge < -0.3 is 5.32 Å². The third kappa shape index (κ3) is 3.04. The number of anilines is 1. The monoisotopic (exact) mass is 346 g/mol. The van der Waals surface area contributed by atoms with Crippen LogP contribution in [0.1, 0.15) is 30.2 Å². The lowest BCUT2D eigenvalue weighted by atomic mass is 10.3. The zero-order valence-corrected chi connectivity index (χ0v) is 13.8. The summed E-state index contributed by atoms with van der Waals surface area (Å²) in [6, 6.07) is 7.48. The van der Waals surface area contributed by atoms with Gasteiger partial charge in [-0.3, -0.25) is 13.5 Å². The van der Waals surface area contributed by atoms with Crippen molar-refractivity contribution in [1.29, 1.82) is 0 Å². The van der Waals surface area contributed by atoms with Crippen LogP contribution >= 0.6 is 22.9 Å². The van der Waals surface area contributed by atoms with Crippen molar-refractivity contribution in [2.75, 3.05) is 5.32 Å². The normalized spacial score (nSPS) is 14.3. The summed E-state index contributed by atoms with van der Waals surface area (Å²) in [5.41, 5.74) is -0.0367. The lowest BCUT2D eigenvalue weighted by molar-refractivity contribution is -0.116. The number of nitrogens with one attached hydrogen (secondary N) is 1. The van der Waals surface area contributed by atoms with Crippen LogP contribution in [0.3, 0.4) is 0 Å². The predicted molar refractivity (Wildman–Crippen MR) is 91.2 cm³/mol. The molecule has 1 aromatic carbocycles. The van der Waals surface area contributed by atoms with Crippen molar-refractivity contribution in [3.63, 3.8) is 0 Å². The average Bonchev–Trinajstić information content (AvgIpc) is 3.22. The van der Waals surface area contributed by atoms with Gasteiger partial charge >= 0.3 is 0 Å². The highest BCUT2D eigenvalue weighted by Crippen LogP contribution is 2.42. The van der Waals surface area contributed by atoms with Crippen molar-refractivity contribution >= 4 is 44.0 Å². The van der Waals surface area contributed by atoms with E-state index in [0.717, 1.165) is 22.5 Å². The molecule has 1 aliphatic rings. The second-order valence-electron chi connectivity index (χ2n) is 5.51. The SMILES string of the molecule is O=C(CCn1sc2ccccc2c1=O)Nc1nnc(C2CC2)s1. The molecule has 8 heteroatoms. The molecule has 0 atom stereocenters. The first-order valence-electron chi connectivity index (χ1n) is 7.43. The van der Waals surface area contributed by atoms with Gasteiger partial charge in [0, 0.05) is 18.9 Å². The van der Waals surface area contributed by atoms with Gasteiger partial charge in [-0.05, 0) is 25.0 Å². The Morgan fingerprint density at radius 2 is 2.13 bits per heavy atom. The Morgan fingerprint density at radius 3 is 2.91 bits per heavy atom. The summed E-state index contributed by atoms with van der Waals surface area (Å²) >= 11 is 2.83. The van der Waals surface area contributed by atoms with Crippen LogP contribution in [0.15, 0.2) is 29.1 Å². The molecule has 0 spiro atoms. The van der Waals surface area contributed by atoms with Crippen molar-refractivity contribution in [1.82, 2.24) is 14.2 Å². The number of hydrogen-bond acceptors (Lipinski definition) is 6. The molecule has 1 fully saturated rings. The minimum atomic E-state index is -0.146. The molecule has 6 nitrogen and oxygen atoms in total. The van der Waals surface area contributed by atoms with Crippen molar-refractivity contribution in [3.05, 3.63) is 39.6 Å². The molecule has 0 aliphatic heterocycles. The molecule has 2 aromatic heterocycles. The molecule has 1 saturated carbocycles. The van der Waals surface area contributed by atoms with E-state index in [9.17, 15) is 9.59 Å². The lowest BCUT2D eigenvalue weighted by Gasteiger charge is -2.01. The van der Waals surface area contributed by atoms with Gasteiger partial charge in [-0.15, -0.1) is 10.2 Å². The van der Waals surface area contributed by atoms with Crippen LogP contribution in [0.2, 0.25) is 0 Å². The molecule has 0 radical (unpaired) electrons. The molecular weight excluding hydrogens is 332 g/mol. The van der Waals surface area contributed by atoms with Crippen molar-refractivity contribution in [2.45, 2.75) is 31.7 Å². The van der Waals surface area contributed by atoms with Gasteiger partial charge in [0.15, 0.2) is 0 Å². The molecule has 4 rings (SSSR count). The maximum Gasteiger partial charge on any atom is 0.268 e. The minimum absolute atomic E-state index is 0.0367. The van der Waals surface area contributed by atoms with Gasteiger partial charge in [0.2, 0.25) is 11.0 Å². The van der Waals surface area contributed by atoms with E-state index in [1.165, 1.54) is 22.9 Å². The molecule has 1 N–H and O–H groups in total. The number of aromatic nitrogens is 3. The van der Waals surface area contributed by atoms with Crippen LogP contribution in [-0.4, -0.2) is 20.1 Å². The summed E-state index contributed by atoms with van der Waals surface area (Å²) in [5, 5.41) is 13.1. The summed E-state index contributed by atoms with van der Waals surface area (Å²) in [7, 11) is 0. The predicted octanol–water partition coefficient (Wildman–Crippen LogP) is 2.82. The molecule has 0 unspecified atom stereocenters. The van der Waals surface area contributed by atoms with E-state index in [1.54, 1.807) is 3.96 Å². The fourth-order valence-corrected chi connectivity index (χ4v) is 4.25. The summed E-state index contributed by atoms with van der Waals surface area (Å²) in [5.74, 6) is 0.392. The van der Waals surface area contributed by atoms with E-state index in [1.807, 2.05) is 24.3 Å². The van der Waals surface area contributed by atoms with Gasteiger partial charge in [0.25, 0.3) is 5.56 Å². The van der Waals surface area contributed by atoms with Crippen LogP contribution in [-0.2, 0) is 11.3 Å². The first-order valence-corrected chi connectivity index (χ1v) is 9.02. The van der Waals surface area contributed by atoms with Crippen LogP contribution in [0.25, 0.3) is 10.1 Å². The maximum absolute atomic E-state index is 12.2. The Labute approximate surface area is 139 Å². The number of hydrogen-bond donors (Lipinski definition) is 1. The smallest absolute Gasteiger partial charge is 0.268 e. The fourth-order valence-electron chi connectivity index (χ4n) is 2.33. The minimum Gasteiger partial charge on any atom is -0.300 e. The second-order valence-corrected chi connectivity index (χ2v) is 7.58. The van der Waals surface area contributed by atoms with Gasteiger partial charge in [-0.1, -0.05) is 35.0 Å². The largest absolute Gasteiger partial charge is 0.300 e. The number of carbonyl (C=O) groups excluding carboxylic acids is 1. The summed E-state index contributed by atoms with van der Waals surface area (Å²) in [6.07, 6.45) is 2.57. The second kappa shape index (κ2) is 5.86. The van der Waals surface area contributed by atoms with E-state index in [2.05, 4.69) is 15.5 Å². The number of fused-ring (bicyclic) bond motifs is 1. The molecule has 1 amide bonds. The molecule has 23 heavy (non-hydrogen) atoms. The lowest BCUT2D eigenvalue weighted by Crippen LogP contribution is -2.18. The fraction of sp³-hybridized carbons (Fsp3) is 0.333. The van der Waals surface area contributed by atoms with E-state index < -0.39 is 0 Å². The average molecular weight is 346 g/mol. The van der Waals surface area contributed by atoms with Crippen molar-refractivity contribution in [3.8, 4) is 0 Å². The topological polar surface area (TPSA) is 76.9 Å². The highest BCUT2D eigenvalue weighted by molar-refractivity contribution is 7.15. The molecule has 1 aliphatic carbocycles. The number of rotatable bonds is 5. The Hall–Kier alpha value is -2.06. The van der Waals surface area contributed by atoms with Crippen LogP contribution < -0.4 is 10.9 Å². The zero-order chi connectivity index (χ0) is 15.8. The van der Waals surface area contributed by atoms with Gasteiger partial charge in [0.1, 0.15) is 5.01 Å². The van der Waals surface area contributed by atoms with Gasteiger partial charge in [-0.2, -0.15) is 0 Å². The first-order chi connectivity index (χ1) is 11.2. The summed E-state index contributed by atoms with van der Waals surface area (Å²) < 4.78 is 2.57. The number of nitrogens with zero attached hydrogens (tertiary/aromatic N) is 3. The quantitative estimate of drug-likeness (QED) is 0.771. The third-order valence-corrected chi connectivity index (χ3v) is 5.83. The van der Waals surface area contributed by atoms with E-state index in [-0.39, 0.29) is 17.9 Å². The van der Waals surface area contributed by atoms with Gasteiger partial charge in [-0.25, -0.2) is 0 Å². The Morgan fingerprint density at radius 1 is 1.30 bits per heavy atom. The van der Waals surface area contributed by atoms with Crippen LogP contribution in [0.5, 0.6) is 0 Å². The Kier molecular flexibility index (Phi) is 3.70. The standard InChI is InChI=1S/C15H14N4O2S2/c20-12(16-15-18-17-13(22-15)9-5-6-9)7-8-19-14(21)10-3-1-2-4-11(10)23-19/h1-4,9H,5-8H2,(H,16,18,20). The van der Waals surface area contributed by atoms with E-state index in [4.69, 9.17) is 0 Å². The number of aryl methyl sites for hydroxylation is 1. The summed E-state index contributed by atoms with van der Waals surface area (Å²) in [4.78, 5) is 24.2. The van der Waals surface area contributed by atoms with Crippen LogP contribution in [0.4, 0.5) is 5.13 Å².